The molecule has 1 saturated heterocycles. The van der Waals surface area contributed by atoms with Gasteiger partial charge < -0.3 is 5.32 Å². The highest BCUT2D eigenvalue weighted by molar-refractivity contribution is 5.90. The third-order valence-electron chi connectivity index (χ3n) is 5.09. The average molecular weight is 462 g/mol. The number of nitrogens with one attached hydrogen (secondary N) is 2. The van der Waals surface area contributed by atoms with Crippen molar-refractivity contribution in [2.75, 3.05) is 18.4 Å². The Labute approximate surface area is 193 Å². The number of hydrogen-bond donors (Lipinski definition) is 3. The second-order valence-electron chi connectivity index (χ2n) is 7.14. The summed E-state index contributed by atoms with van der Waals surface area (Å²) >= 11 is 0. The Morgan fingerprint density at radius 3 is 2.71 bits per heavy atom. The van der Waals surface area contributed by atoms with Crippen molar-refractivity contribution >= 4 is 53.4 Å². The maximum Gasteiger partial charge on any atom is 0.267 e. The Bertz CT molecular complexity index is 1020. The van der Waals surface area contributed by atoms with Crippen molar-refractivity contribution in [3.8, 4) is 0 Å². The van der Waals surface area contributed by atoms with Crippen molar-refractivity contribution in [3.63, 3.8) is 0 Å². The van der Waals surface area contributed by atoms with Crippen LogP contribution in [0.5, 0.6) is 0 Å². The largest absolute Gasteiger partial charge is 0.365 e. The van der Waals surface area contributed by atoms with Gasteiger partial charge in [-0.3, -0.25) is 19.9 Å². The van der Waals surface area contributed by atoms with Crippen molar-refractivity contribution in [2.24, 2.45) is 0 Å². The number of benzene rings is 2. The fourth-order valence-corrected chi connectivity index (χ4v) is 3.67. The van der Waals surface area contributed by atoms with Crippen LogP contribution >= 0.6 is 24.8 Å². The first-order chi connectivity index (χ1) is 14.2. The van der Waals surface area contributed by atoms with Crippen LogP contribution in [0.25, 0.3) is 16.8 Å². The lowest BCUT2D eigenvalue weighted by atomic mass is 10.0. The smallest absolute Gasteiger partial charge is 0.267 e. The number of nitrogens with zero attached hydrogens (tertiary/aromatic N) is 3. The molecule has 1 atom stereocenters. The number of halogens is 2. The number of fused-ring (bicyclic) bond motifs is 1. The van der Waals surface area contributed by atoms with Gasteiger partial charge in [0.15, 0.2) is 0 Å². The normalized spacial score (nSPS) is 16.0. The number of aromatic nitrogens is 2. The maximum atomic E-state index is 11.0. The molecule has 7 nitrogen and oxygen atoms in total. The van der Waals surface area contributed by atoms with E-state index in [-0.39, 0.29) is 24.8 Å². The fourth-order valence-electron chi connectivity index (χ4n) is 3.67. The van der Waals surface area contributed by atoms with E-state index in [0.29, 0.717) is 17.6 Å². The standard InChI is InChI=1S/C22H23N5O2.2ClH/c28-22(26-29)9-8-18-12-24-21(13-23-18)25-19-10-11-27(15-19)14-17-6-3-5-16-4-1-2-7-20(16)17;;/h1-9,12-13,19,29H,10-11,14-15H2,(H,24,25)(H,26,28);2*1H/t19-;;/m1../s1. The summed E-state index contributed by atoms with van der Waals surface area (Å²) in [6.45, 7) is 2.91. The van der Waals surface area contributed by atoms with Crippen LogP contribution in [0.3, 0.4) is 0 Å². The summed E-state index contributed by atoms with van der Waals surface area (Å²) in [5.41, 5.74) is 3.43. The molecule has 2 aromatic carbocycles. The third kappa shape index (κ3) is 6.38. The summed E-state index contributed by atoms with van der Waals surface area (Å²) in [4.78, 5) is 22.1. The molecule has 0 aliphatic carbocycles. The molecule has 1 fully saturated rings. The first-order valence-corrected chi connectivity index (χ1v) is 9.61. The second kappa shape index (κ2) is 11.6. The van der Waals surface area contributed by atoms with E-state index < -0.39 is 5.91 Å². The number of rotatable bonds is 6. The number of carbonyl (C=O) groups excluding carboxylic acids is 1. The van der Waals surface area contributed by atoms with Crippen LogP contribution < -0.4 is 10.8 Å². The summed E-state index contributed by atoms with van der Waals surface area (Å²) in [5, 5.41) is 14.5. The minimum Gasteiger partial charge on any atom is -0.365 e. The van der Waals surface area contributed by atoms with Crippen LogP contribution in [0.1, 0.15) is 17.7 Å². The summed E-state index contributed by atoms with van der Waals surface area (Å²) in [7, 11) is 0. The van der Waals surface area contributed by atoms with Gasteiger partial charge in [-0.05, 0) is 28.8 Å². The molecule has 0 unspecified atom stereocenters. The summed E-state index contributed by atoms with van der Waals surface area (Å²) < 4.78 is 0. The van der Waals surface area contributed by atoms with Gasteiger partial charge in [0.2, 0.25) is 0 Å². The molecule has 3 aromatic rings. The molecule has 1 aromatic heterocycles. The van der Waals surface area contributed by atoms with Crippen LogP contribution in [-0.4, -0.2) is 45.1 Å². The van der Waals surface area contributed by atoms with Gasteiger partial charge in [0.1, 0.15) is 5.82 Å². The van der Waals surface area contributed by atoms with E-state index in [2.05, 4.69) is 62.6 Å². The van der Waals surface area contributed by atoms with Gasteiger partial charge in [-0.15, -0.1) is 24.8 Å². The monoisotopic (exact) mass is 461 g/mol. The zero-order valence-electron chi connectivity index (χ0n) is 16.8. The minimum atomic E-state index is -0.605. The number of hydroxylamine groups is 1. The molecule has 0 saturated carbocycles. The lowest BCUT2D eigenvalue weighted by Gasteiger charge is -2.18. The topological polar surface area (TPSA) is 90.4 Å². The average Bonchev–Trinajstić information content (AvgIpc) is 3.20. The molecule has 2 heterocycles. The van der Waals surface area contributed by atoms with Gasteiger partial charge >= 0.3 is 0 Å². The Kier molecular flexibility index (Phi) is 9.21. The number of likely N-dealkylation sites (tertiary alicyclic amines) is 1. The Morgan fingerprint density at radius 1 is 1.13 bits per heavy atom. The highest BCUT2D eigenvalue weighted by atomic mass is 35.5. The zero-order valence-corrected chi connectivity index (χ0v) is 18.4. The van der Waals surface area contributed by atoms with E-state index in [1.165, 1.54) is 34.0 Å². The molecule has 0 radical (unpaired) electrons. The molecule has 1 amide bonds. The summed E-state index contributed by atoms with van der Waals surface area (Å²) in [5.74, 6) is 0.108. The minimum absolute atomic E-state index is 0. The number of amides is 1. The molecule has 31 heavy (non-hydrogen) atoms. The van der Waals surface area contributed by atoms with Crippen molar-refractivity contribution in [2.45, 2.75) is 19.0 Å². The van der Waals surface area contributed by atoms with E-state index in [4.69, 9.17) is 5.21 Å². The van der Waals surface area contributed by atoms with Crippen LogP contribution in [0.15, 0.2) is 60.9 Å². The van der Waals surface area contributed by atoms with Crippen LogP contribution in [-0.2, 0) is 11.3 Å². The molecule has 164 valence electrons. The van der Waals surface area contributed by atoms with Crippen molar-refractivity contribution in [1.82, 2.24) is 20.3 Å². The van der Waals surface area contributed by atoms with Gasteiger partial charge in [-0.2, -0.15) is 0 Å². The predicted octanol–water partition coefficient (Wildman–Crippen LogP) is 3.68. The highest BCUT2D eigenvalue weighted by Gasteiger charge is 2.23. The summed E-state index contributed by atoms with van der Waals surface area (Å²) in [6, 6.07) is 15.3. The maximum absolute atomic E-state index is 11.0. The first kappa shape index (κ1) is 24.6. The lowest BCUT2D eigenvalue weighted by Crippen LogP contribution is -2.26. The fraction of sp³-hybridized carbons (Fsp3) is 0.227. The summed E-state index contributed by atoms with van der Waals surface area (Å²) in [6.07, 6.45) is 6.98. The first-order valence-electron chi connectivity index (χ1n) is 9.61. The van der Waals surface area contributed by atoms with E-state index in [1.54, 1.807) is 12.4 Å². The molecule has 1 aliphatic rings. The van der Waals surface area contributed by atoms with E-state index in [0.717, 1.165) is 26.1 Å². The second-order valence-corrected chi connectivity index (χ2v) is 7.14. The van der Waals surface area contributed by atoms with Crippen molar-refractivity contribution in [3.05, 3.63) is 72.2 Å². The molecular weight excluding hydrogens is 437 g/mol. The molecule has 3 N–H and O–H groups in total. The molecule has 4 rings (SSSR count). The number of anilines is 1. The van der Waals surface area contributed by atoms with Gasteiger partial charge in [-0.25, -0.2) is 10.5 Å². The Balaban J connectivity index is 0.00000171. The SMILES string of the molecule is Cl.Cl.O=C(C=Cc1cnc(N[C@@H]2CCN(Cc3cccc4ccccc34)C2)cn1)NO. The molecule has 0 spiro atoms. The highest BCUT2D eigenvalue weighted by Crippen LogP contribution is 2.22. The third-order valence-corrected chi connectivity index (χ3v) is 5.09. The van der Waals surface area contributed by atoms with Crippen LogP contribution in [0.4, 0.5) is 5.82 Å². The molecular formula is C22H25Cl2N5O2. The molecule has 9 heteroatoms. The van der Waals surface area contributed by atoms with Crippen molar-refractivity contribution in [1.29, 1.82) is 0 Å². The molecule has 1 aliphatic heterocycles. The van der Waals surface area contributed by atoms with Gasteiger partial charge in [-0.1, -0.05) is 42.5 Å². The Morgan fingerprint density at radius 2 is 1.94 bits per heavy atom. The number of hydrogen-bond acceptors (Lipinski definition) is 6. The van der Waals surface area contributed by atoms with Gasteiger partial charge in [0, 0.05) is 31.8 Å². The van der Waals surface area contributed by atoms with E-state index >= 15 is 0 Å². The predicted molar refractivity (Wildman–Crippen MR) is 127 cm³/mol. The van der Waals surface area contributed by atoms with Gasteiger partial charge in [0.25, 0.3) is 5.91 Å². The zero-order chi connectivity index (χ0) is 20.1. The molecule has 0 bridgehead atoms. The van der Waals surface area contributed by atoms with Crippen molar-refractivity contribution < 1.29 is 10.0 Å². The van der Waals surface area contributed by atoms with Crippen LogP contribution in [0, 0.1) is 0 Å². The number of carbonyl (C=O) groups is 1. The van der Waals surface area contributed by atoms with E-state index in [9.17, 15) is 4.79 Å². The Hall–Kier alpha value is -2.71. The van der Waals surface area contributed by atoms with E-state index in [1.807, 2.05) is 0 Å². The lowest BCUT2D eigenvalue weighted by molar-refractivity contribution is -0.124. The van der Waals surface area contributed by atoms with Crippen LogP contribution in [0.2, 0.25) is 0 Å². The van der Waals surface area contributed by atoms with Gasteiger partial charge in [0.05, 0.1) is 18.1 Å². The quantitative estimate of drug-likeness (QED) is 0.294.